The smallest absolute Gasteiger partial charge is 0.462 e. The number of ether oxygens (including phenoxy) is 2. The average molecular weight is 901 g/mol. The minimum absolute atomic E-state index is 0.0356. The van der Waals surface area contributed by atoms with E-state index in [9.17, 15) is 19.0 Å². The first-order valence-corrected chi connectivity index (χ1v) is 27.9. The van der Waals surface area contributed by atoms with Crippen molar-refractivity contribution < 1.29 is 42.1 Å². The summed E-state index contributed by atoms with van der Waals surface area (Å²) < 4.78 is 34.4. The van der Waals surface area contributed by atoms with E-state index in [1.807, 2.05) is 21.1 Å². The van der Waals surface area contributed by atoms with Crippen LogP contribution in [0.2, 0.25) is 0 Å². The molecule has 0 aliphatic heterocycles. The maximum absolute atomic E-state index is 12.7. The Bertz CT molecular complexity index is 1060. The SMILES string of the molecule is CCCCCCCCCC/C=C\CCCCCCCCCCCCCCCCCCCC(=O)OC(COC(=O)CCCCCCCCCCC)COP(=O)(O)OCC[N+](C)(C)C. The summed E-state index contributed by atoms with van der Waals surface area (Å²) in [4.78, 5) is 35.4. The highest BCUT2D eigenvalue weighted by molar-refractivity contribution is 7.47. The molecular formula is C52H103NO8P+. The number of likely N-dealkylation sites (N-methyl/N-ethyl adjacent to an activating group) is 1. The summed E-state index contributed by atoms with van der Waals surface area (Å²) in [5, 5.41) is 0. The second-order valence-electron chi connectivity index (χ2n) is 19.3. The minimum Gasteiger partial charge on any atom is -0.462 e. The molecule has 0 saturated carbocycles. The van der Waals surface area contributed by atoms with Gasteiger partial charge in [0.25, 0.3) is 0 Å². The summed E-state index contributed by atoms with van der Waals surface area (Å²) in [6, 6.07) is 0. The zero-order chi connectivity index (χ0) is 45.7. The number of carbonyl (C=O) groups excluding carboxylic acids is 2. The van der Waals surface area contributed by atoms with E-state index in [0.29, 0.717) is 23.9 Å². The Morgan fingerprint density at radius 3 is 1.19 bits per heavy atom. The molecule has 0 aliphatic rings. The Hall–Kier alpha value is -1.25. The van der Waals surface area contributed by atoms with Crippen molar-refractivity contribution in [2.24, 2.45) is 0 Å². The minimum atomic E-state index is -4.37. The molecule has 2 atom stereocenters. The van der Waals surface area contributed by atoms with Gasteiger partial charge in [-0.3, -0.25) is 18.6 Å². The first-order chi connectivity index (χ1) is 30.0. The molecule has 368 valence electrons. The number of carbonyl (C=O) groups is 2. The van der Waals surface area contributed by atoms with Gasteiger partial charge < -0.3 is 18.9 Å². The van der Waals surface area contributed by atoms with Crippen molar-refractivity contribution in [3.8, 4) is 0 Å². The summed E-state index contributed by atoms with van der Waals surface area (Å²) in [6.45, 7) is 4.44. The maximum atomic E-state index is 12.7. The summed E-state index contributed by atoms with van der Waals surface area (Å²) >= 11 is 0. The summed E-state index contributed by atoms with van der Waals surface area (Å²) in [7, 11) is 1.49. The number of nitrogens with zero attached hydrogens (tertiary/aromatic N) is 1. The van der Waals surface area contributed by atoms with Gasteiger partial charge in [-0.05, 0) is 38.5 Å². The van der Waals surface area contributed by atoms with Gasteiger partial charge in [0.15, 0.2) is 6.10 Å². The molecule has 2 unspecified atom stereocenters. The van der Waals surface area contributed by atoms with Gasteiger partial charge in [-0.1, -0.05) is 219 Å². The highest BCUT2D eigenvalue weighted by atomic mass is 31.2. The molecule has 0 radical (unpaired) electrons. The monoisotopic (exact) mass is 901 g/mol. The van der Waals surface area contributed by atoms with Crippen LogP contribution in [-0.4, -0.2) is 74.9 Å². The van der Waals surface area contributed by atoms with Gasteiger partial charge in [0.1, 0.15) is 19.8 Å². The largest absolute Gasteiger partial charge is 0.472 e. The first kappa shape index (κ1) is 60.8. The standard InChI is InChI=1S/C52H102NO8P/c1-6-8-10-12-14-16-17-18-19-20-21-22-23-24-25-26-27-28-29-30-31-32-33-34-35-37-39-41-43-45-52(55)61-50(49-60-62(56,57)59-47-46-53(3,4)5)48-58-51(54)44-42-40-38-36-15-13-11-9-7-2/h20-21,50H,6-19,22-49H2,1-5H3/p+1/b21-20-. The van der Waals surface area contributed by atoms with Crippen LogP contribution < -0.4 is 0 Å². The molecule has 1 N–H and O–H groups in total. The van der Waals surface area contributed by atoms with Crippen molar-refractivity contribution in [2.45, 2.75) is 264 Å². The Labute approximate surface area is 384 Å². The lowest BCUT2D eigenvalue weighted by Gasteiger charge is -2.24. The first-order valence-electron chi connectivity index (χ1n) is 26.4. The fourth-order valence-electron chi connectivity index (χ4n) is 7.66. The van der Waals surface area contributed by atoms with Crippen molar-refractivity contribution in [1.29, 1.82) is 0 Å². The zero-order valence-electron chi connectivity index (χ0n) is 41.6. The number of allylic oxidation sites excluding steroid dienone is 2. The number of rotatable bonds is 49. The van der Waals surface area contributed by atoms with Crippen LogP contribution in [-0.2, 0) is 32.7 Å². The Kier molecular flexibility index (Phi) is 44.0. The molecule has 0 amide bonds. The quantitative estimate of drug-likeness (QED) is 0.0211. The molecule has 0 bridgehead atoms. The number of unbranched alkanes of at least 4 members (excludes halogenated alkanes) is 33. The van der Waals surface area contributed by atoms with Gasteiger partial charge in [-0.2, -0.15) is 0 Å². The number of phosphoric ester groups is 1. The Morgan fingerprint density at radius 1 is 0.484 bits per heavy atom. The molecule has 0 aromatic heterocycles. The normalized spacial score (nSPS) is 13.5. The molecule has 0 rings (SSSR count). The van der Waals surface area contributed by atoms with E-state index >= 15 is 0 Å². The zero-order valence-corrected chi connectivity index (χ0v) is 42.5. The van der Waals surface area contributed by atoms with E-state index in [1.54, 1.807) is 0 Å². The lowest BCUT2D eigenvalue weighted by Crippen LogP contribution is -2.37. The number of hydrogen-bond donors (Lipinski definition) is 1. The van der Waals surface area contributed by atoms with E-state index < -0.39 is 26.5 Å². The molecule has 10 heteroatoms. The van der Waals surface area contributed by atoms with Gasteiger partial charge in [-0.25, -0.2) is 4.57 Å². The van der Waals surface area contributed by atoms with Crippen LogP contribution in [0.5, 0.6) is 0 Å². The van der Waals surface area contributed by atoms with Crippen molar-refractivity contribution in [2.75, 3.05) is 47.5 Å². The summed E-state index contributed by atoms with van der Waals surface area (Å²) in [5.41, 5.74) is 0. The van der Waals surface area contributed by atoms with Gasteiger partial charge >= 0.3 is 19.8 Å². The average Bonchev–Trinajstić information content (AvgIpc) is 3.23. The lowest BCUT2D eigenvalue weighted by molar-refractivity contribution is -0.870. The molecule has 0 fully saturated rings. The maximum Gasteiger partial charge on any atom is 0.472 e. The molecule has 0 aliphatic carbocycles. The van der Waals surface area contributed by atoms with Crippen molar-refractivity contribution >= 4 is 19.8 Å². The van der Waals surface area contributed by atoms with E-state index in [2.05, 4.69) is 26.0 Å². The number of hydrogen-bond acceptors (Lipinski definition) is 7. The van der Waals surface area contributed by atoms with Crippen LogP contribution in [0.4, 0.5) is 0 Å². The number of quaternary nitrogens is 1. The predicted molar refractivity (Wildman–Crippen MR) is 261 cm³/mol. The third kappa shape index (κ3) is 48.2. The van der Waals surface area contributed by atoms with Crippen molar-refractivity contribution in [1.82, 2.24) is 0 Å². The molecule has 0 spiro atoms. The van der Waals surface area contributed by atoms with Crippen LogP contribution in [0, 0.1) is 0 Å². The molecule has 0 saturated heterocycles. The summed E-state index contributed by atoms with van der Waals surface area (Å²) in [5.74, 6) is -0.787. The molecule has 0 heterocycles. The van der Waals surface area contributed by atoms with Crippen LogP contribution in [0.15, 0.2) is 12.2 Å². The third-order valence-electron chi connectivity index (χ3n) is 11.8. The van der Waals surface area contributed by atoms with E-state index in [1.165, 1.54) is 193 Å². The third-order valence-corrected chi connectivity index (χ3v) is 12.8. The fourth-order valence-corrected chi connectivity index (χ4v) is 8.40. The van der Waals surface area contributed by atoms with E-state index in [-0.39, 0.29) is 25.6 Å². The van der Waals surface area contributed by atoms with Gasteiger partial charge in [0.05, 0.1) is 27.7 Å². The van der Waals surface area contributed by atoms with Crippen LogP contribution in [0.3, 0.4) is 0 Å². The molecule has 62 heavy (non-hydrogen) atoms. The van der Waals surface area contributed by atoms with Crippen molar-refractivity contribution in [3.05, 3.63) is 12.2 Å². The molecular weight excluding hydrogens is 798 g/mol. The number of esters is 2. The predicted octanol–water partition coefficient (Wildman–Crippen LogP) is 15.7. The Morgan fingerprint density at radius 2 is 0.823 bits per heavy atom. The van der Waals surface area contributed by atoms with E-state index in [4.69, 9.17) is 18.5 Å². The van der Waals surface area contributed by atoms with Crippen LogP contribution in [0.1, 0.15) is 258 Å². The lowest BCUT2D eigenvalue weighted by atomic mass is 10.0. The summed E-state index contributed by atoms with van der Waals surface area (Å²) in [6.07, 6.45) is 50.1. The van der Waals surface area contributed by atoms with E-state index in [0.717, 1.165) is 32.1 Å². The molecule has 0 aromatic carbocycles. The molecule has 0 aromatic rings. The van der Waals surface area contributed by atoms with Crippen LogP contribution in [0.25, 0.3) is 0 Å². The second-order valence-corrected chi connectivity index (χ2v) is 20.7. The molecule has 9 nitrogen and oxygen atoms in total. The van der Waals surface area contributed by atoms with Crippen LogP contribution >= 0.6 is 7.82 Å². The second kappa shape index (κ2) is 44.9. The number of phosphoric acid groups is 1. The highest BCUT2D eigenvalue weighted by Crippen LogP contribution is 2.43. The van der Waals surface area contributed by atoms with Gasteiger partial charge in [0.2, 0.25) is 0 Å². The van der Waals surface area contributed by atoms with Crippen molar-refractivity contribution in [3.63, 3.8) is 0 Å². The Balaban J connectivity index is 3.99. The van der Waals surface area contributed by atoms with Gasteiger partial charge in [-0.15, -0.1) is 0 Å². The van der Waals surface area contributed by atoms with Gasteiger partial charge in [0, 0.05) is 12.8 Å². The highest BCUT2D eigenvalue weighted by Gasteiger charge is 2.27. The fraction of sp³-hybridized carbons (Fsp3) is 0.923. The topological polar surface area (TPSA) is 108 Å².